The fraction of sp³-hybridized carbons (Fsp3) is 0.583. The Balaban J connectivity index is 1.36. The number of aryl methyl sites for hydroxylation is 2. The number of carbonyl (C=O) groups excluding carboxylic acids is 4. The van der Waals surface area contributed by atoms with Gasteiger partial charge in [-0.25, -0.2) is 30.0 Å². The first-order chi connectivity index (χ1) is 20.0. The number of hydrogen-bond donors (Lipinski definition) is 2. The zero-order chi connectivity index (χ0) is 30.5. The highest BCUT2D eigenvalue weighted by Crippen LogP contribution is 2.35. The fourth-order valence-corrected chi connectivity index (χ4v) is 4.36. The smallest absolute Gasteiger partial charge is 0.369 e. The van der Waals surface area contributed by atoms with E-state index >= 15 is 0 Å². The van der Waals surface area contributed by atoms with Gasteiger partial charge in [-0.15, -0.1) is 20.4 Å². The molecular weight excluding hydrogens is 556 g/mol. The minimum atomic E-state index is -1.52. The van der Waals surface area contributed by atoms with Gasteiger partial charge in [0, 0.05) is 39.8 Å². The molecule has 226 valence electrons. The van der Waals surface area contributed by atoms with Gasteiger partial charge in [0.25, 0.3) is 23.0 Å². The van der Waals surface area contributed by atoms with Crippen LogP contribution in [0.2, 0.25) is 0 Å². The molecule has 18 heteroatoms. The van der Waals surface area contributed by atoms with Crippen molar-refractivity contribution in [3.05, 3.63) is 12.7 Å². The number of cyclic esters (lactones) is 4. The van der Waals surface area contributed by atoms with Crippen molar-refractivity contribution in [3.63, 3.8) is 0 Å². The molecule has 42 heavy (non-hydrogen) atoms. The maximum absolute atomic E-state index is 12.8. The van der Waals surface area contributed by atoms with E-state index in [0.29, 0.717) is 12.8 Å². The lowest BCUT2D eigenvalue weighted by atomic mass is 9.94. The number of unbranched alkanes of at least 4 members (excludes halogenated alkanes) is 1. The fourth-order valence-electron chi connectivity index (χ4n) is 4.36. The third kappa shape index (κ3) is 6.69. The van der Waals surface area contributed by atoms with Crippen LogP contribution in [0.5, 0.6) is 0 Å². The number of nitrogens with zero attached hydrogens (tertiary/aromatic N) is 8. The average molecular weight is 589 g/mol. The van der Waals surface area contributed by atoms with E-state index in [4.69, 9.17) is 18.9 Å². The highest BCUT2D eigenvalue weighted by molar-refractivity contribution is 6.63. The van der Waals surface area contributed by atoms with Crippen LogP contribution in [0.25, 0.3) is 0 Å². The van der Waals surface area contributed by atoms with E-state index in [-0.39, 0.29) is 43.5 Å². The van der Waals surface area contributed by atoms with Crippen molar-refractivity contribution in [1.29, 1.82) is 0 Å². The van der Waals surface area contributed by atoms with E-state index in [1.54, 1.807) is 21.0 Å². The SMILES string of the molecule is CCC1(CCCCC2(CC(C)C)OC(=O)C(=NNc3nncn3C)C(=O)O2)OC(=O)C(=NNc2nncn2C)C(=O)O1. The minimum Gasteiger partial charge on any atom is -0.418 e. The van der Waals surface area contributed by atoms with Crippen LogP contribution in [-0.2, 0) is 52.2 Å². The molecule has 4 rings (SSSR count). The minimum absolute atomic E-state index is 0.0101. The Morgan fingerprint density at radius 3 is 1.52 bits per heavy atom. The summed E-state index contributed by atoms with van der Waals surface area (Å²) in [5.41, 5.74) is 3.84. The van der Waals surface area contributed by atoms with Gasteiger partial charge in [0.05, 0.1) is 0 Å². The summed E-state index contributed by atoms with van der Waals surface area (Å²) >= 11 is 0. The van der Waals surface area contributed by atoms with Gasteiger partial charge >= 0.3 is 23.9 Å². The number of hydrazone groups is 2. The van der Waals surface area contributed by atoms with Crippen LogP contribution in [-0.4, -0.2) is 76.4 Å². The van der Waals surface area contributed by atoms with Gasteiger partial charge in [0.15, 0.2) is 0 Å². The Labute approximate surface area is 239 Å². The lowest BCUT2D eigenvalue weighted by Gasteiger charge is -2.38. The van der Waals surface area contributed by atoms with Crippen LogP contribution in [0.1, 0.15) is 59.3 Å². The summed E-state index contributed by atoms with van der Waals surface area (Å²) in [6.45, 7) is 5.50. The molecule has 2 aromatic rings. The maximum atomic E-state index is 12.8. The van der Waals surface area contributed by atoms with Crippen molar-refractivity contribution in [2.24, 2.45) is 30.2 Å². The molecule has 0 spiro atoms. The van der Waals surface area contributed by atoms with E-state index in [1.165, 1.54) is 21.8 Å². The maximum Gasteiger partial charge on any atom is 0.369 e. The monoisotopic (exact) mass is 588 g/mol. The van der Waals surface area contributed by atoms with Crippen LogP contribution < -0.4 is 10.9 Å². The van der Waals surface area contributed by atoms with Crippen LogP contribution in [0.15, 0.2) is 22.9 Å². The summed E-state index contributed by atoms with van der Waals surface area (Å²) in [4.78, 5) is 50.9. The lowest BCUT2D eigenvalue weighted by Crippen LogP contribution is -2.51. The standard InChI is InChI=1S/C24H32N10O8/c1-6-23(39-17(35)15(18(36)40-23)27-31-21-29-25-12-33(21)4)9-7-8-10-24(11-14(2)3)41-19(37)16(20(38)42-24)28-32-22-30-26-13-34(22)5/h12-14H,6-11H2,1-5H3,(H,29,31)(H,30,32). The molecule has 0 amide bonds. The highest BCUT2D eigenvalue weighted by Gasteiger charge is 2.49. The second kappa shape index (κ2) is 12.3. The van der Waals surface area contributed by atoms with Crippen LogP contribution in [0, 0.1) is 5.92 Å². The molecule has 2 N–H and O–H groups in total. The predicted molar refractivity (Wildman–Crippen MR) is 142 cm³/mol. The largest absolute Gasteiger partial charge is 0.418 e. The molecule has 0 bridgehead atoms. The predicted octanol–water partition coefficient (Wildman–Crippen LogP) is 0.789. The molecular formula is C24H32N10O8. The number of aromatic nitrogens is 6. The second-order valence-electron chi connectivity index (χ2n) is 10.2. The van der Waals surface area contributed by atoms with E-state index in [1.807, 2.05) is 13.8 Å². The third-order valence-corrected chi connectivity index (χ3v) is 6.47. The van der Waals surface area contributed by atoms with Crippen LogP contribution in [0.4, 0.5) is 11.9 Å². The first-order valence-electron chi connectivity index (χ1n) is 13.2. The summed E-state index contributed by atoms with van der Waals surface area (Å²) in [5, 5.41) is 22.4. The van der Waals surface area contributed by atoms with Crippen LogP contribution in [0.3, 0.4) is 0 Å². The third-order valence-electron chi connectivity index (χ3n) is 6.47. The van der Waals surface area contributed by atoms with Gasteiger partial charge in [-0.3, -0.25) is 0 Å². The summed E-state index contributed by atoms with van der Waals surface area (Å²) in [6, 6.07) is 0. The zero-order valence-electron chi connectivity index (χ0n) is 23.8. The number of esters is 4. The molecule has 0 atom stereocenters. The Bertz CT molecular complexity index is 1370. The molecule has 2 aliphatic rings. The van der Waals surface area contributed by atoms with Crippen molar-refractivity contribution in [1.82, 2.24) is 29.5 Å². The van der Waals surface area contributed by atoms with Gasteiger partial charge in [0.2, 0.25) is 11.9 Å². The van der Waals surface area contributed by atoms with Gasteiger partial charge in [0.1, 0.15) is 12.7 Å². The molecule has 2 saturated heterocycles. The van der Waals surface area contributed by atoms with Crippen molar-refractivity contribution in [3.8, 4) is 0 Å². The van der Waals surface area contributed by atoms with E-state index in [9.17, 15) is 19.2 Å². The van der Waals surface area contributed by atoms with Crippen molar-refractivity contribution >= 4 is 47.2 Å². The summed E-state index contributed by atoms with van der Waals surface area (Å²) in [7, 11) is 3.30. The quantitative estimate of drug-likeness (QED) is 0.199. The number of nitrogens with one attached hydrogen (secondary N) is 2. The Morgan fingerprint density at radius 1 is 0.762 bits per heavy atom. The second-order valence-corrected chi connectivity index (χ2v) is 10.2. The average Bonchev–Trinajstić information content (AvgIpc) is 3.52. The number of carbonyl (C=O) groups is 4. The first kappa shape index (κ1) is 30.1. The zero-order valence-corrected chi connectivity index (χ0v) is 23.8. The van der Waals surface area contributed by atoms with Crippen molar-refractivity contribution < 1.29 is 38.1 Å². The van der Waals surface area contributed by atoms with E-state index in [0.717, 1.165) is 0 Å². The summed E-state index contributed by atoms with van der Waals surface area (Å²) in [6.07, 6.45) is 4.32. The van der Waals surface area contributed by atoms with Gasteiger partial charge in [-0.2, -0.15) is 10.2 Å². The summed E-state index contributed by atoms with van der Waals surface area (Å²) < 4.78 is 25.3. The molecule has 18 nitrogen and oxygen atoms in total. The molecule has 0 aliphatic carbocycles. The molecule has 2 fully saturated rings. The normalized spacial score (nSPS) is 22.3. The van der Waals surface area contributed by atoms with Gasteiger partial charge < -0.3 is 28.1 Å². The van der Waals surface area contributed by atoms with Gasteiger partial charge in [-0.1, -0.05) is 20.8 Å². The van der Waals surface area contributed by atoms with Crippen molar-refractivity contribution in [2.45, 2.75) is 70.9 Å². The van der Waals surface area contributed by atoms with Crippen molar-refractivity contribution in [2.75, 3.05) is 10.9 Å². The Hall–Kier alpha value is -4.90. The van der Waals surface area contributed by atoms with E-state index < -0.39 is 46.9 Å². The Morgan fingerprint density at radius 2 is 1.17 bits per heavy atom. The van der Waals surface area contributed by atoms with Crippen LogP contribution >= 0.6 is 0 Å². The number of hydrogen-bond acceptors (Lipinski definition) is 16. The molecule has 0 unspecified atom stereocenters. The van der Waals surface area contributed by atoms with E-state index in [2.05, 4.69) is 41.4 Å². The number of ether oxygens (including phenoxy) is 4. The molecule has 2 aromatic heterocycles. The molecule has 0 radical (unpaired) electrons. The lowest BCUT2D eigenvalue weighted by molar-refractivity contribution is -0.240. The summed E-state index contributed by atoms with van der Waals surface area (Å²) in [5.74, 6) is -6.38. The number of rotatable bonds is 12. The first-order valence-corrected chi connectivity index (χ1v) is 13.2. The van der Waals surface area contributed by atoms with Gasteiger partial charge in [-0.05, 0) is 18.8 Å². The Kier molecular flexibility index (Phi) is 8.82. The highest BCUT2D eigenvalue weighted by atomic mass is 16.8. The number of anilines is 2. The molecule has 0 saturated carbocycles. The molecule has 2 aliphatic heterocycles. The topological polar surface area (TPSA) is 215 Å². The molecule has 4 heterocycles. The molecule has 0 aromatic carbocycles.